The number of amides is 1. The number of rotatable bonds is 6. The summed E-state index contributed by atoms with van der Waals surface area (Å²) in [4.78, 5) is 15.8. The molecule has 7 heteroatoms. The smallest absolute Gasteiger partial charge is 0.251 e. The number of aryl methyl sites for hydroxylation is 1. The normalized spacial score (nSPS) is 11.1. The summed E-state index contributed by atoms with van der Waals surface area (Å²) in [6.45, 7) is 0.540. The molecule has 0 unspecified atom stereocenters. The van der Waals surface area contributed by atoms with E-state index in [2.05, 4.69) is 10.3 Å². The van der Waals surface area contributed by atoms with E-state index in [0.717, 1.165) is 12.8 Å². The number of hydrogen-bond acceptors (Lipinski definition) is 4. The first-order chi connectivity index (χ1) is 10.5. The molecule has 0 spiro atoms. The van der Waals surface area contributed by atoms with Gasteiger partial charge in [-0.2, -0.15) is 0 Å². The first kappa shape index (κ1) is 16.1. The first-order valence-electron chi connectivity index (χ1n) is 6.77. The third kappa shape index (κ3) is 4.64. The van der Waals surface area contributed by atoms with E-state index in [-0.39, 0.29) is 10.8 Å². The second-order valence-electron chi connectivity index (χ2n) is 4.78. The van der Waals surface area contributed by atoms with Crippen molar-refractivity contribution in [1.29, 1.82) is 0 Å². The van der Waals surface area contributed by atoms with Crippen LogP contribution in [0.15, 0.2) is 53.7 Å². The lowest BCUT2D eigenvalue weighted by Crippen LogP contribution is -2.24. The molecule has 0 aliphatic carbocycles. The summed E-state index contributed by atoms with van der Waals surface area (Å²) >= 11 is 0. The molecule has 3 N–H and O–H groups in total. The van der Waals surface area contributed by atoms with Crippen molar-refractivity contribution in [2.45, 2.75) is 17.7 Å². The Balaban J connectivity index is 1.82. The lowest BCUT2D eigenvalue weighted by molar-refractivity contribution is 0.0953. The molecule has 1 amide bonds. The van der Waals surface area contributed by atoms with E-state index < -0.39 is 10.0 Å². The molecule has 0 aliphatic heterocycles. The van der Waals surface area contributed by atoms with Crippen LogP contribution in [0.25, 0.3) is 0 Å². The van der Waals surface area contributed by atoms with Crippen molar-refractivity contribution in [1.82, 2.24) is 10.3 Å². The Hall–Kier alpha value is -2.25. The van der Waals surface area contributed by atoms with Crippen LogP contribution < -0.4 is 10.5 Å². The summed E-state index contributed by atoms with van der Waals surface area (Å²) in [5.74, 6) is -0.240. The summed E-state index contributed by atoms with van der Waals surface area (Å²) in [6.07, 6.45) is 5.14. The van der Waals surface area contributed by atoms with Gasteiger partial charge < -0.3 is 5.32 Å². The largest absolute Gasteiger partial charge is 0.352 e. The van der Waals surface area contributed by atoms with Gasteiger partial charge in [-0.3, -0.25) is 9.78 Å². The number of hydrogen-bond donors (Lipinski definition) is 2. The minimum Gasteiger partial charge on any atom is -0.352 e. The van der Waals surface area contributed by atoms with E-state index in [1.165, 1.54) is 29.8 Å². The Labute approximate surface area is 129 Å². The average molecular weight is 319 g/mol. The van der Waals surface area contributed by atoms with Crippen molar-refractivity contribution in [3.8, 4) is 0 Å². The SMILES string of the molecule is NS(=O)(=O)c1ccc(C(=O)NCCCc2ccncc2)cc1. The summed E-state index contributed by atoms with van der Waals surface area (Å²) < 4.78 is 22.3. The number of primary sulfonamides is 1. The van der Waals surface area contributed by atoms with Gasteiger partial charge in [0.1, 0.15) is 0 Å². The third-order valence-corrected chi connectivity index (χ3v) is 4.05. The summed E-state index contributed by atoms with van der Waals surface area (Å²) in [7, 11) is -3.73. The van der Waals surface area contributed by atoms with Crippen LogP contribution in [0.3, 0.4) is 0 Å². The molecule has 0 aliphatic rings. The van der Waals surface area contributed by atoms with Crippen molar-refractivity contribution in [2.24, 2.45) is 5.14 Å². The second-order valence-corrected chi connectivity index (χ2v) is 6.35. The molecule has 2 aromatic rings. The maximum absolute atomic E-state index is 11.9. The van der Waals surface area contributed by atoms with Crippen LogP contribution in [0.2, 0.25) is 0 Å². The Morgan fingerprint density at radius 2 is 1.73 bits per heavy atom. The van der Waals surface area contributed by atoms with Crippen LogP contribution in [0.5, 0.6) is 0 Å². The van der Waals surface area contributed by atoms with E-state index in [4.69, 9.17) is 5.14 Å². The predicted molar refractivity (Wildman–Crippen MR) is 82.7 cm³/mol. The molecule has 0 saturated heterocycles. The molecule has 0 atom stereocenters. The predicted octanol–water partition coefficient (Wildman–Crippen LogP) is 1.09. The second kappa shape index (κ2) is 7.15. The number of pyridine rings is 1. The van der Waals surface area contributed by atoms with E-state index in [1.54, 1.807) is 12.4 Å². The zero-order chi connectivity index (χ0) is 16.0. The fourth-order valence-electron chi connectivity index (χ4n) is 1.94. The summed E-state index contributed by atoms with van der Waals surface area (Å²) in [5, 5.41) is 7.80. The van der Waals surface area contributed by atoms with Gasteiger partial charge in [-0.1, -0.05) is 0 Å². The van der Waals surface area contributed by atoms with Crippen LogP contribution in [-0.2, 0) is 16.4 Å². The maximum Gasteiger partial charge on any atom is 0.251 e. The molecule has 0 radical (unpaired) electrons. The number of nitrogens with two attached hydrogens (primary N) is 1. The summed E-state index contributed by atoms with van der Waals surface area (Å²) in [5.41, 5.74) is 1.57. The van der Waals surface area contributed by atoms with Crippen molar-refractivity contribution in [3.63, 3.8) is 0 Å². The Kier molecular flexibility index (Phi) is 5.24. The zero-order valence-electron chi connectivity index (χ0n) is 11.9. The Morgan fingerprint density at radius 1 is 1.09 bits per heavy atom. The van der Waals surface area contributed by atoms with Crippen LogP contribution >= 0.6 is 0 Å². The van der Waals surface area contributed by atoms with Gasteiger partial charge in [0.2, 0.25) is 10.0 Å². The lowest BCUT2D eigenvalue weighted by atomic mass is 10.1. The molecule has 1 heterocycles. The van der Waals surface area contributed by atoms with Crippen LogP contribution in [-0.4, -0.2) is 25.9 Å². The molecule has 116 valence electrons. The monoisotopic (exact) mass is 319 g/mol. The van der Waals surface area contributed by atoms with E-state index in [9.17, 15) is 13.2 Å². The number of nitrogens with zero attached hydrogens (tertiary/aromatic N) is 1. The standard InChI is InChI=1S/C15H17N3O3S/c16-22(20,21)14-5-3-13(4-6-14)15(19)18-9-1-2-12-7-10-17-11-8-12/h3-8,10-11H,1-2,9H2,(H,18,19)(H2,16,20,21). The fourth-order valence-corrected chi connectivity index (χ4v) is 2.46. The van der Waals surface area contributed by atoms with E-state index >= 15 is 0 Å². The summed E-state index contributed by atoms with van der Waals surface area (Å²) in [6, 6.07) is 9.40. The highest BCUT2D eigenvalue weighted by Gasteiger charge is 2.09. The van der Waals surface area contributed by atoms with Gasteiger partial charge in [0.05, 0.1) is 4.90 Å². The molecule has 0 bridgehead atoms. The highest BCUT2D eigenvalue weighted by Crippen LogP contribution is 2.08. The Bertz CT molecular complexity index is 728. The minimum absolute atomic E-state index is 0.0123. The molecule has 0 saturated carbocycles. The van der Waals surface area contributed by atoms with Gasteiger partial charge in [-0.05, 0) is 54.8 Å². The van der Waals surface area contributed by atoms with Gasteiger partial charge in [0.15, 0.2) is 0 Å². The molecule has 2 rings (SSSR count). The topological polar surface area (TPSA) is 102 Å². The Morgan fingerprint density at radius 3 is 2.32 bits per heavy atom. The maximum atomic E-state index is 11.9. The quantitative estimate of drug-likeness (QED) is 0.778. The molecule has 1 aromatic heterocycles. The van der Waals surface area contributed by atoms with Crippen LogP contribution in [0, 0.1) is 0 Å². The zero-order valence-corrected chi connectivity index (χ0v) is 12.7. The number of nitrogens with one attached hydrogen (secondary N) is 1. The number of carbonyl (C=O) groups excluding carboxylic acids is 1. The molecule has 6 nitrogen and oxygen atoms in total. The van der Waals surface area contributed by atoms with Gasteiger partial charge in [0.25, 0.3) is 5.91 Å². The van der Waals surface area contributed by atoms with Crippen LogP contribution in [0.1, 0.15) is 22.3 Å². The highest BCUT2D eigenvalue weighted by molar-refractivity contribution is 7.89. The fraction of sp³-hybridized carbons (Fsp3) is 0.200. The molecule has 22 heavy (non-hydrogen) atoms. The lowest BCUT2D eigenvalue weighted by Gasteiger charge is -2.06. The van der Waals surface area contributed by atoms with Gasteiger partial charge in [0, 0.05) is 24.5 Å². The van der Waals surface area contributed by atoms with Crippen LogP contribution in [0.4, 0.5) is 0 Å². The highest BCUT2D eigenvalue weighted by atomic mass is 32.2. The van der Waals surface area contributed by atoms with E-state index in [1.807, 2.05) is 12.1 Å². The molecule has 0 fully saturated rings. The van der Waals surface area contributed by atoms with Crippen molar-refractivity contribution < 1.29 is 13.2 Å². The number of carbonyl (C=O) groups is 1. The van der Waals surface area contributed by atoms with Gasteiger partial charge in [-0.15, -0.1) is 0 Å². The number of sulfonamides is 1. The van der Waals surface area contributed by atoms with Crippen molar-refractivity contribution in [3.05, 3.63) is 59.9 Å². The minimum atomic E-state index is -3.73. The molecular formula is C15H17N3O3S. The van der Waals surface area contributed by atoms with Crippen molar-refractivity contribution >= 4 is 15.9 Å². The van der Waals surface area contributed by atoms with Crippen molar-refractivity contribution in [2.75, 3.05) is 6.54 Å². The average Bonchev–Trinajstić information content (AvgIpc) is 2.52. The van der Waals surface area contributed by atoms with Gasteiger partial charge in [-0.25, -0.2) is 13.6 Å². The number of aromatic nitrogens is 1. The van der Waals surface area contributed by atoms with Gasteiger partial charge >= 0.3 is 0 Å². The number of benzene rings is 1. The first-order valence-corrected chi connectivity index (χ1v) is 8.31. The molecular weight excluding hydrogens is 302 g/mol. The molecule has 1 aromatic carbocycles. The van der Waals surface area contributed by atoms with E-state index in [0.29, 0.717) is 12.1 Å². The third-order valence-electron chi connectivity index (χ3n) is 3.12.